The monoisotopic (exact) mass is 416 g/mol. The molecule has 3 aromatic heterocycles. The van der Waals surface area contributed by atoms with Crippen molar-refractivity contribution in [2.24, 2.45) is 0 Å². The minimum atomic E-state index is -0.221. The predicted molar refractivity (Wildman–Crippen MR) is 114 cm³/mol. The van der Waals surface area contributed by atoms with Crippen LogP contribution in [0.4, 0.5) is 0 Å². The average Bonchev–Trinajstić information content (AvgIpc) is 3.30. The van der Waals surface area contributed by atoms with Gasteiger partial charge in [0, 0.05) is 51.2 Å². The molecule has 1 N–H and O–H groups in total. The molecule has 0 bridgehead atoms. The van der Waals surface area contributed by atoms with Crippen molar-refractivity contribution in [3.63, 3.8) is 0 Å². The molecule has 0 saturated carbocycles. The Hall–Kier alpha value is -3.39. The van der Waals surface area contributed by atoms with Gasteiger partial charge >= 0.3 is 0 Å². The van der Waals surface area contributed by atoms with Gasteiger partial charge in [0.15, 0.2) is 0 Å². The minimum Gasteiger partial charge on any atom is -0.327 e. The quantitative estimate of drug-likeness (QED) is 0.700. The molecular formula is C23H24N6O2. The van der Waals surface area contributed by atoms with Gasteiger partial charge in [-0.1, -0.05) is 12.1 Å². The van der Waals surface area contributed by atoms with Crippen LogP contribution in [0.1, 0.15) is 52.0 Å². The summed E-state index contributed by atoms with van der Waals surface area (Å²) in [5.74, 6) is 0.470. The molecule has 31 heavy (non-hydrogen) atoms. The fourth-order valence-corrected chi connectivity index (χ4v) is 4.47. The van der Waals surface area contributed by atoms with Crippen molar-refractivity contribution < 1.29 is 4.79 Å². The lowest BCUT2D eigenvalue weighted by atomic mass is 10.1. The first-order chi connectivity index (χ1) is 15.2. The molecule has 1 amide bonds. The summed E-state index contributed by atoms with van der Waals surface area (Å²) in [5, 5.41) is 0. The van der Waals surface area contributed by atoms with Crippen LogP contribution in [0.15, 0.2) is 53.7 Å². The Morgan fingerprint density at radius 2 is 2.10 bits per heavy atom. The standard InChI is InChI=1S/C23H24N6O2/c30-22-17-15-28(14-16-5-3-9-24-13-16)12-8-18(17)26-21(27-22)20-7-4-11-29(20)23(31)19-6-1-2-10-25-19/h1-3,5-6,9-10,13,20H,4,7-8,11-12,14-15H2,(H,26,27,30)/t20-/m0/s1. The number of likely N-dealkylation sites (tertiary alicyclic amines) is 1. The lowest BCUT2D eigenvalue weighted by Crippen LogP contribution is -2.38. The van der Waals surface area contributed by atoms with E-state index in [0.29, 0.717) is 31.0 Å². The third kappa shape index (κ3) is 3.98. The van der Waals surface area contributed by atoms with Crippen molar-refractivity contribution >= 4 is 5.91 Å². The second kappa shape index (κ2) is 8.39. The van der Waals surface area contributed by atoms with Crippen LogP contribution in [0.5, 0.6) is 0 Å². The number of hydrogen-bond donors (Lipinski definition) is 1. The van der Waals surface area contributed by atoms with Crippen LogP contribution in [0.3, 0.4) is 0 Å². The predicted octanol–water partition coefficient (Wildman–Crippen LogP) is 2.10. The summed E-state index contributed by atoms with van der Waals surface area (Å²) >= 11 is 0. The number of rotatable bonds is 4. The molecule has 8 nitrogen and oxygen atoms in total. The molecule has 1 saturated heterocycles. The van der Waals surface area contributed by atoms with E-state index in [1.54, 1.807) is 29.4 Å². The SMILES string of the molecule is O=C(c1ccccn1)N1CCC[C@H]1c1nc2c(c(=O)[nH]1)CN(Cc1cccnc1)CC2. The molecule has 158 valence electrons. The lowest BCUT2D eigenvalue weighted by molar-refractivity contribution is 0.0723. The molecule has 0 spiro atoms. The molecule has 5 heterocycles. The van der Waals surface area contributed by atoms with Gasteiger partial charge in [0.05, 0.1) is 17.3 Å². The number of aromatic nitrogens is 4. The molecule has 3 aromatic rings. The highest BCUT2D eigenvalue weighted by molar-refractivity contribution is 5.92. The Balaban J connectivity index is 1.37. The first kappa shape index (κ1) is 19.6. The number of amides is 1. The third-order valence-electron chi connectivity index (χ3n) is 6.01. The Morgan fingerprint density at radius 1 is 1.16 bits per heavy atom. The van der Waals surface area contributed by atoms with Crippen LogP contribution in [-0.4, -0.2) is 48.7 Å². The molecule has 0 aromatic carbocycles. The Labute approximate surface area is 180 Å². The number of pyridine rings is 2. The van der Waals surface area contributed by atoms with Crippen molar-refractivity contribution in [2.75, 3.05) is 13.1 Å². The largest absolute Gasteiger partial charge is 0.327 e. The summed E-state index contributed by atoms with van der Waals surface area (Å²) in [6.07, 6.45) is 7.61. The van der Waals surface area contributed by atoms with Crippen molar-refractivity contribution in [2.45, 2.75) is 38.4 Å². The van der Waals surface area contributed by atoms with Gasteiger partial charge in [-0.25, -0.2) is 4.98 Å². The number of carbonyl (C=O) groups is 1. The zero-order chi connectivity index (χ0) is 21.2. The van der Waals surface area contributed by atoms with E-state index in [1.165, 1.54) is 0 Å². The molecule has 2 aliphatic heterocycles. The van der Waals surface area contributed by atoms with Crippen LogP contribution in [0, 0.1) is 0 Å². The molecule has 0 radical (unpaired) electrons. The Morgan fingerprint density at radius 3 is 2.90 bits per heavy atom. The average molecular weight is 416 g/mol. The first-order valence-electron chi connectivity index (χ1n) is 10.6. The lowest BCUT2D eigenvalue weighted by Gasteiger charge is -2.29. The number of nitrogens with zero attached hydrogens (tertiary/aromatic N) is 5. The number of carbonyl (C=O) groups excluding carboxylic acids is 1. The summed E-state index contributed by atoms with van der Waals surface area (Å²) < 4.78 is 0. The highest BCUT2D eigenvalue weighted by atomic mass is 16.2. The summed E-state index contributed by atoms with van der Waals surface area (Å²) in [5.41, 5.74) is 3.01. The van der Waals surface area contributed by atoms with Crippen molar-refractivity contribution in [1.82, 2.24) is 29.7 Å². The van der Waals surface area contributed by atoms with Gasteiger partial charge in [-0.05, 0) is 36.6 Å². The van der Waals surface area contributed by atoms with Crippen molar-refractivity contribution in [1.29, 1.82) is 0 Å². The maximum absolute atomic E-state index is 13.0. The van der Waals surface area contributed by atoms with Crippen molar-refractivity contribution in [3.05, 3.63) is 87.6 Å². The first-order valence-corrected chi connectivity index (χ1v) is 10.6. The second-order valence-electron chi connectivity index (χ2n) is 8.07. The van der Waals surface area contributed by atoms with Gasteiger partial charge in [-0.3, -0.25) is 24.5 Å². The normalized spacial score (nSPS) is 18.7. The fraction of sp³-hybridized carbons (Fsp3) is 0.348. The smallest absolute Gasteiger partial charge is 0.273 e. The van der Waals surface area contributed by atoms with E-state index in [9.17, 15) is 9.59 Å². The molecule has 1 fully saturated rings. The van der Waals surface area contributed by atoms with E-state index in [-0.39, 0.29) is 17.5 Å². The zero-order valence-corrected chi connectivity index (χ0v) is 17.2. The van der Waals surface area contributed by atoms with Gasteiger partial charge in [0.25, 0.3) is 11.5 Å². The Kier molecular flexibility index (Phi) is 5.30. The zero-order valence-electron chi connectivity index (χ0n) is 17.2. The molecule has 8 heteroatoms. The van der Waals surface area contributed by atoms with E-state index in [1.807, 2.05) is 24.4 Å². The highest BCUT2D eigenvalue weighted by Gasteiger charge is 2.34. The number of fused-ring (bicyclic) bond motifs is 1. The van der Waals surface area contributed by atoms with E-state index in [0.717, 1.165) is 42.8 Å². The maximum atomic E-state index is 13.0. The molecule has 0 aliphatic carbocycles. The van der Waals surface area contributed by atoms with Crippen LogP contribution >= 0.6 is 0 Å². The van der Waals surface area contributed by atoms with E-state index >= 15 is 0 Å². The fourth-order valence-electron chi connectivity index (χ4n) is 4.47. The van der Waals surface area contributed by atoms with E-state index in [4.69, 9.17) is 4.98 Å². The number of nitrogens with one attached hydrogen (secondary N) is 1. The molecular weight excluding hydrogens is 392 g/mol. The van der Waals surface area contributed by atoms with Crippen LogP contribution in [0.2, 0.25) is 0 Å². The van der Waals surface area contributed by atoms with Crippen LogP contribution in [0.25, 0.3) is 0 Å². The number of hydrogen-bond acceptors (Lipinski definition) is 6. The van der Waals surface area contributed by atoms with Crippen LogP contribution in [-0.2, 0) is 19.5 Å². The molecule has 5 rings (SSSR count). The van der Waals surface area contributed by atoms with Crippen LogP contribution < -0.4 is 5.56 Å². The number of aromatic amines is 1. The minimum absolute atomic E-state index is 0.104. The number of H-pyrrole nitrogens is 1. The summed E-state index contributed by atoms with van der Waals surface area (Å²) in [6, 6.07) is 9.06. The maximum Gasteiger partial charge on any atom is 0.273 e. The summed E-state index contributed by atoms with van der Waals surface area (Å²) in [7, 11) is 0. The second-order valence-corrected chi connectivity index (χ2v) is 8.07. The van der Waals surface area contributed by atoms with E-state index in [2.05, 4.69) is 19.9 Å². The summed E-state index contributed by atoms with van der Waals surface area (Å²) in [4.78, 5) is 46.1. The van der Waals surface area contributed by atoms with Gasteiger partial charge in [0.1, 0.15) is 11.5 Å². The Bertz CT molecular complexity index is 1130. The molecule has 1 atom stereocenters. The topological polar surface area (TPSA) is 95.1 Å². The molecule has 0 unspecified atom stereocenters. The van der Waals surface area contributed by atoms with E-state index < -0.39 is 0 Å². The van der Waals surface area contributed by atoms with Gasteiger partial charge in [-0.15, -0.1) is 0 Å². The van der Waals surface area contributed by atoms with Crippen molar-refractivity contribution in [3.8, 4) is 0 Å². The van der Waals surface area contributed by atoms with Gasteiger partial charge in [0.2, 0.25) is 0 Å². The summed E-state index contributed by atoms with van der Waals surface area (Å²) in [6.45, 7) is 2.79. The third-order valence-corrected chi connectivity index (χ3v) is 6.01. The van der Waals surface area contributed by atoms with Gasteiger partial charge < -0.3 is 9.88 Å². The van der Waals surface area contributed by atoms with Gasteiger partial charge in [-0.2, -0.15) is 0 Å². The highest BCUT2D eigenvalue weighted by Crippen LogP contribution is 2.31. The molecule has 2 aliphatic rings.